The number of carbonyl (C=O) groups excluding carboxylic acids is 1. The van der Waals surface area contributed by atoms with Gasteiger partial charge in [-0.25, -0.2) is 4.79 Å². The lowest BCUT2D eigenvalue weighted by atomic mass is 10.1. The van der Waals surface area contributed by atoms with Crippen molar-refractivity contribution < 1.29 is 23.8 Å². The molecule has 2 heterocycles. The number of benzene rings is 1. The van der Waals surface area contributed by atoms with E-state index in [1.54, 1.807) is 36.3 Å². The van der Waals surface area contributed by atoms with Crippen LogP contribution in [0.5, 0.6) is 5.75 Å². The minimum Gasteiger partial charge on any atom is -0.497 e. The van der Waals surface area contributed by atoms with Crippen LogP contribution in [0.25, 0.3) is 5.69 Å². The molecule has 1 amide bonds. The van der Waals surface area contributed by atoms with Crippen LogP contribution in [-0.2, 0) is 0 Å². The molecule has 23 heavy (non-hydrogen) atoms. The molecule has 1 saturated heterocycles. The van der Waals surface area contributed by atoms with Gasteiger partial charge in [0.05, 0.1) is 13.2 Å². The predicted octanol–water partition coefficient (Wildman–Crippen LogP) is -0.150. The van der Waals surface area contributed by atoms with E-state index in [2.05, 4.69) is 5.27 Å². The number of hydrogen-bond acceptors (Lipinski definition) is 5. The second-order valence-corrected chi connectivity index (χ2v) is 5.39. The summed E-state index contributed by atoms with van der Waals surface area (Å²) in [6.07, 6.45) is 0.615. The van der Waals surface area contributed by atoms with Crippen molar-refractivity contribution in [2.45, 2.75) is 18.9 Å². The van der Waals surface area contributed by atoms with Gasteiger partial charge in [-0.2, -0.15) is 0 Å². The number of carbonyl (C=O) groups is 1. The summed E-state index contributed by atoms with van der Waals surface area (Å²) in [6.45, 7) is 0.820. The third-order valence-corrected chi connectivity index (χ3v) is 3.93. The maximum absolute atomic E-state index is 12.6. The number of rotatable bonds is 3. The smallest absolute Gasteiger partial charge is 0.441 e. The highest BCUT2D eigenvalue weighted by Gasteiger charge is 2.35. The standard InChI is InChI=1S/C15H17N3O5/c1-22-12-4-2-10(3-5-12)18-13(15(21)23-16-18)14(20)17-8-6-11(19)7-9-17/h2-5,11,19H,6-9H2,1H3/p+1. The molecule has 1 aromatic heterocycles. The molecule has 1 aliphatic rings. The van der Waals surface area contributed by atoms with Crippen LogP contribution in [0.15, 0.2) is 33.6 Å². The van der Waals surface area contributed by atoms with Crippen molar-refractivity contribution in [3.63, 3.8) is 0 Å². The SMILES string of the molecule is COc1ccc(-[n+]2[nH]oc(=O)c2C(=O)N2CCC(O)CC2)cc1. The maximum Gasteiger partial charge on any atom is 0.441 e. The largest absolute Gasteiger partial charge is 0.497 e. The molecule has 3 rings (SSSR count). The van der Waals surface area contributed by atoms with E-state index < -0.39 is 17.6 Å². The minimum atomic E-state index is -0.725. The first-order valence-corrected chi connectivity index (χ1v) is 7.35. The summed E-state index contributed by atoms with van der Waals surface area (Å²) in [5, 5.41) is 12.0. The van der Waals surface area contributed by atoms with E-state index >= 15 is 0 Å². The Labute approximate surface area is 131 Å². The zero-order chi connectivity index (χ0) is 16.4. The topological polar surface area (TPSA) is 99.7 Å². The first kappa shape index (κ1) is 15.3. The highest BCUT2D eigenvalue weighted by Crippen LogP contribution is 2.13. The van der Waals surface area contributed by atoms with Gasteiger partial charge in [0.2, 0.25) is 5.69 Å². The van der Waals surface area contributed by atoms with Crippen LogP contribution in [0.4, 0.5) is 0 Å². The summed E-state index contributed by atoms with van der Waals surface area (Å²) in [5.74, 6) is 0.251. The molecule has 0 aliphatic carbocycles. The molecule has 2 N–H and O–H groups in total. The number of aromatic nitrogens is 2. The molecule has 0 saturated carbocycles. The van der Waals surface area contributed by atoms with Crippen molar-refractivity contribution in [3.05, 3.63) is 40.4 Å². The minimum absolute atomic E-state index is 0.0912. The number of nitrogens with zero attached hydrogens (tertiary/aromatic N) is 2. The lowest BCUT2D eigenvalue weighted by molar-refractivity contribution is -0.672. The summed E-state index contributed by atoms with van der Waals surface area (Å²) in [7, 11) is 1.56. The number of piperidine rings is 1. The number of ether oxygens (including phenoxy) is 1. The van der Waals surface area contributed by atoms with Crippen LogP contribution in [-0.4, -0.2) is 47.5 Å². The number of aliphatic hydroxyl groups is 1. The molecular formula is C15H18N3O5+. The average Bonchev–Trinajstić information content (AvgIpc) is 2.96. The van der Waals surface area contributed by atoms with Crippen molar-refractivity contribution in [1.82, 2.24) is 10.2 Å². The van der Waals surface area contributed by atoms with Crippen LogP contribution in [0.1, 0.15) is 23.3 Å². The van der Waals surface area contributed by atoms with E-state index in [1.807, 2.05) is 0 Å². The second-order valence-electron chi connectivity index (χ2n) is 5.39. The Bertz CT molecular complexity index is 741. The fourth-order valence-electron chi connectivity index (χ4n) is 2.59. The molecule has 8 heteroatoms. The van der Waals surface area contributed by atoms with Crippen molar-refractivity contribution >= 4 is 5.91 Å². The number of H-pyrrole nitrogens is 1. The Morgan fingerprint density at radius 1 is 1.35 bits per heavy atom. The Morgan fingerprint density at radius 3 is 2.61 bits per heavy atom. The number of nitrogens with one attached hydrogen (secondary N) is 1. The molecule has 1 aromatic carbocycles. The van der Waals surface area contributed by atoms with E-state index in [0.717, 1.165) is 0 Å². The summed E-state index contributed by atoms with van der Waals surface area (Å²) < 4.78 is 11.2. The van der Waals surface area contributed by atoms with E-state index in [0.29, 0.717) is 37.4 Å². The Morgan fingerprint density at radius 2 is 2.00 bits per heavy atom. The zero-order valence-corrected chi connectivity index (χ0v) is 12.7. The highest BCUT2D eigenvalue weighted by molar-refractivity contribution is 5.90. The molecule has 122 valence electrons. The monoisotopic (exact) mass is 320 g/mol. The third kappa shape index (κ3) is 2.98. The first-order valence-electron chi connectivity index (χ1n) is 7.35. The van der Waals surface area contributed by atoms with Gasteiger partial charge in [-0.3, -0.25) is 9.32 Å². The van der Waals surface area contributed by atoms with E-state index in [1.165, 1.54) is 4.68 Å². The van der Waals surface area contributed by atoms with Gasteiger partial charge in [0, 0.05) is 25.2 Å². The molecular weight excluding hydrogens is 302 g/mol. The molecule has 0 spiro atoms. The highest BCUT2D eigenvalue weighted by atomic mass is 16.5. The van der Waals surface area contributed by atoms with Gasteiger partial charge in [-0.15, -0.1) is 0 Å². The zero-order valence-electron chi connectivity index (χ0n) is 12.7. The number of methoxy groups -OCH3 is 1. The van der Waals surface area contributed by atoms with Crippen molar-refractivity contribution in [1.29, 1.82) is 0 Å². The number of hydrogen-bond donors (Lipinski definition) is 2. The molecule has 8 nitrogen and oxygen atoms in total. The molecule has 0 bridgehead atoms. The number of amides is 1. The van der Waals surface area contributed by atoms with E-state index in [-0.39, 0.29) is 5.69 Å². The first-order chi connectivity index (χ1) is 11.1. The Hall–Kier alpha value is -2.61. The molecule has 0 unspecified atom stereocenters. The molecule has 1 fully saturated rings. The Kier molecular flexibility index (Phi) is 4.16. The van der Waals surface area contributed by atoms with Gasteiger partial charge in [-0.05, 0) is 34.9 Å². The van der Waals surface area contributed by atoms with Gasteiger partial charge < -0.3 is 14.7 Å². The van der Waals surface area contributed by atoms with Gasteiger partial charge in [0.25, 0.3) is 0 Å². The van der Waals surface area contributed by atoms with Crippen LogP contribution in [0, 0.1) is 0 Å². The van der Waals surface area contributed by atoms with Crippen molar-refractivity contribution in [2.24, 2.45) is 0 Å². The molecule has 0 atom stereocenters. The summed E-state index contributed by atoms with van der Waals surface area (Å²) >= 11 is 0. The molecule has 1 aliphatic heterocycles. The quantitative estimate of drug-likeness (QED) is 0.766. The lowest BCUT2D eigenvalue weighted by Crippen LogP contribution is -2.48. The summed E-state index contributed by atoms with van der Waals surface area (Å²) in [5.41, 5.74) is -0.236. The fraction of sp³-hybridized carbons (Fsp3) is 0.400. The second kappa shape index (κ2) is 6.25. The normalized spacial score (nSPS) is 15.7. The summed E-state index contributed by atoms with van der Waals surface area (Å²) in [4.78, 5) is 26.1. The Balaban J connectivity index is 1.92. The van der Waals surface area contributed by atoms with Crippen LogP contribution in [0.2, 0.25) is 0 Å². The van der Waals surface area contributed by atoms with Gasteiger partial charge in [0.1, 0.15) is 5.75 Å². The van der Waals surface area contributed by atoms with Gasteiger partial charge >= 0.3 is 17.2 Å². The molecule has 0 radical (unpaired) electrons. The van der Waals surface area contributed by atoms with Crippen LogP contribution < -0.4 is 15.0 Å². The maximum atomic E-state index is 12.6. The number of aliphatic hydroxyl groups excluding tert-OH is 1. The fourth-order valence-corrected chi connectivity index (χ4v) is 2.59. The average molecular weight is 320 g/mol. The van der Waals surface area contributed by atoms with Crippen molar-refractivity contribution in [2.75, 3.05) is 20.2 Å². The van der Waals surface area contributed by atoms with Gasteiger partial charge in [0.15, 0.2) is 0 Å². The number of likely N-dealkylation sites (tertiary alicyclic amines) is 1. The van der Waals surface area contributed by atoms with E-state index in [4.69, 9.17) is 9.26 Å². The van der Waals surface area contributed by atoms with Crippen molar-refractivity contribution in [3.8, 4) is 11.4 Å². The van der Waals surface area contributed by atoms with E-state index in [9.17, 15) is 14.7 Å². The molecule has 2 aromatic rings. The van der Waals surface area contributed by atoms with Crippen LogP contribution in [0.3, 0.4) is 0 Å². The predicted molar refractivity (Wildman–Crippen MR) is 78.6 cm³/mol. The summed E-state index contributed by atoms with van der Waals surface area (Å²) in [6, 6.07) is 6.86. The number of aromatic amines is 1. The third-order valence-electron chi connectivity index (χ3n) is 3.93. The van der Waals surface area contributed by atoms with Gasteiger partial charge in [-0.1, -0.05) is 0 Å². The van der Waals surface area contributed by atoms with Crippen LogP contribution >= 0.6 is 0 Å². The lowest BCUT2D eigenvalue weighted by Gasteiger charge is -2.27.